The van der Waals surface area contributed by atoms with Crippen LogP contribution < -0.4 is 10.3 Å². The van der Waals surface area contributed by atoms with Gasteiger partial charge in [0.05, 0.1) is 19.1 Å². The lowest BCUT2D eigenvalue weighted by Gasteiger charge is -2.03. The Balaban J connectivity index is 1.44. The zero-order valence-corrected chi connectivity index (χ0v) is 15.8. The van der Waals surface area contributed by atoms with E-state index >= 15 is 0 Å². The number of benzene rings is 1. The van der Waals surface area contributed by atoms with Gasteiger partial charge in [-0.15, -0.1) is 0 Å². The first-order valence-corrected chi connectivity index (χ1v) is 8.96. The number of ether oxygens (including phenoxy) is 1. The molecule has 1 aromatic carbocycles. The Morgan fingerprint density at radius 2 is 1.86 bits per heavy atom. The first kappa shape index (κ1) is 17.3. The molecular formula is C18H13ClN8O2. The van der Waals surface area contributed by atoms with Crippen molar-refractivity contribution in [3.63, 3.8) is 0 Å². The van der Waals surface area contributed by atoms with Gasteiger partial charge in [-0.05, 0) is 24.3 Å². The van der Waals surface area contributed by atoms with Crippen LogP contribution in [-0.4, -0.2) is 39.0 Å². The standard InChI is InChI=1S/C18H13ClN8O2/c1-26-8-21-15-14(26)18(28)27(9-22-15)7-12-23-16-17(24-12)25-13(6-20-16)29-11-4-2-10(19)3-5-11/h2-6,8-9H,7H2,1H3,(H,20,23,24,25). The molecule has 4 heterocycles. The molecule has 0 saturated heterocycles. The van der Waals surface area contributed by atoms with Crippen LogP contribution in [0.3, 0.4) is 0 Å². The number of hydrogen-bond donors (Lipinski definition) is 1. The number of imidazole rings is 2. The van der Waals surface area contributed by atoms with Gasteiger partial charge < -0.3 is 14.3 Å². The number of aromatic amines is 1. The van der Waals surface area contributed by atoms with E-state index in [9.17, 15) is 4.79 Å². The first-order valence-electron chi connectivity index (χ1n) is 8.58. The second-order valence-corrected chi connectivity index (χ2v) is 6.76. The number of nitrogens with one attached hydrogen (secondary N) is 1. The lowest BCUT2D eigenvalue weighted by molar-refractivity contribution is 0.462. The van der Waals surface area contributed by atoms with Crippen molar-refractivity contribution < 1.29 is 4.74 Å². The number of H-pyrrole nitrogens is 1. The second-order valence-electron chi connectivity index (χ2n) is 6.33. The Morgan fingerprint density at radius 1 is 1.07 bits per heavy atom. The lowest BCUT2D eigenvalue weighted by Crippen LogP contribution is -2.23. The number of halogens is 1. The molecular weight excluding hydrogens is 396 g/mol. The van der Waals surface area contributed by atoms with Gasteiger partial charge in [-0.3, -0.25) is 9.36 Å². The van der Waals surface area contributed by atoms with Gasteiger partial charge in [0.15, 0.2) is 22.5 Å². The van der Waals surface area contributed by atoms with Crippen molar-refractivity contribution in [1.29, 1.82) is 0 Å². The summed E-state index contributed by atoms with van der Waals surface area (Å²) in [6, 6.07) is 6.92. The molecule has 10 nitrogen and oxygen atoms in total. The van der Waals surface area contributed by atoms with E-state index in [4.69, 9.17) is 16.3 Å². The van der Waals surface area contributed by atoms with Crippen LogP contribution in [0.25, 0.3) is 22.5 Å². The van der Waals surface area contributed by atoms with Crippen molar-refractivity contribution in [2.24, 2.45) is 7.05 Å². The Hall–Kier alpha value is -3.79. The normalized spacial score (nSPS) is 11.4. The average molecular weight is 409 g/mol. The van der Waals surface area contributed by atoms with Gasteiger partial charge in [-0.25, -0.2) is 19.9 Å². The molecule has 5 rings (SSSR count). The van der Waals surface area contributed by atoms with Crippen LogP contribution in [0.1, 0.15) is 5.82 Å². The lowest BCUT2D eigenvalue weighted by atomic mass is 10.3. The number of aromatic nitrogens is 8. The summed E-state index contributed by atoms with van der Waals surface area (Å²) in [5.74, 6) is 1.42. The summed E-state index contributed by atoms with van der Waals surface area (Å²) in [5.41, 5.74) is 1.51. The highest BCUT2D eigenvalue weighted by Crippen LogP contribution is 2.22. The van der Waals surface area contributed by atoms with Crippen molar-refractivity contribution in [3.05, 3.63) is 64.3 Å². The van der Waals surface area contributed by atoms with Crippen molar-refractivity contribution in [1.82, 2.24) is 39.0 Å². The van der Waals surface area contributed by atoms with Crippen molar-refractivity contribution in [2.45, 2.75) is 6.54 Å². The van der Waals surface area contributed by atoms with E-state index in [0.717, 1.165) is 0 Å². The second kappa shape index (κ2) is 6.67. The predicted octanol–water partition coefficient (Wildman–Crippen LogP) is 2.29. The van der Waals surface area contributed by atoms with Gasteiger partial charge in [0, 0.05) is 12.1 Å². The van der Waals surface area contributed by atoms with Gasteiger partial charge in [0.2, 0.25) is 5.88 Å². The quantitative estimate of drug-likeness (QED) is 0.484. The number of fused-ring (bicyclic) bond motifs is 2. The van der Waals surface area contributed by atoms with E-state index in [-0.39, 0.29) is 12.1 Å². The third kappa shape index (κ3) is 3.19. The van der Waals surface area contributed by atoms with Crippen LogP contribution in [0, 0.1) is 0 Å². The molecule has 0 aliphatic carbocycles. The van der Waals surface area contributed by atoms with E-state index < -0.39 is 0 Å². The average Bonchev–Trinajstić information content (AvgIpc) is 3.29. The minimum Gasteiger partial charge on any atom is -0.437 e. The molecule has 0 aliphatic heterocycles. The SMILES string of the molecule is Cn1cnc2ncn(Cc3nc4ncc(Oc5ccc(Cl)cc5)nc4[nH]3)c(=O)c21. The van der Waals surface area contributed by atoms with E-state index in [0.29, 0.717) is 44.9 Å². The third-order valence-corrected chi connectivity index (χ3v) is 4.54. The zero-order valence-electron chi connectivity index (χ0n) is 15.1. The molecule has 0 radical (unpaired) electrons. The topological polar surface area (TPSA) is 116 Å². The third-order valence-electron chi connectivity index (χ3n) is 4.29. The van der Waals surface area contributed by atoms with Crippen molar-refractivity contribution in [2.75, 3.05) is 0 Å². The fraction of sp³-hybridized carbons (Fsp3) is 0.111. The molecule has 0 atom stereocenters. The molecule has 0 amide bonds. The number of hydrogen-bond acceptors (Lipinski definition) is 7. The highest BCUT2D eigenvalue weighted by atomic mass is 35.5. The van der Waals surface area contributed by atoms with Crippen LogP contribution in [0.4, 0.5) is 0 Å². The summed E-state index contributed by atoms with van der Waals surface area (Å²) in [6.07, 6.45) is 4.48. The van der Waals surface area contributed by atoms with Gasteiger partial charge in [-0.1, -0.05) is 11.6 Å². The maximum absolute atomic E-state index is 12.7. The molecule has 29 heavy (non-hydrogen) atoms. The summed E-state index contributed by atoms with van der Waals surface area (Å²) in [6.45, 7) is 0.193. The summed E-state index contributed by atoms with van der Waals surface area (Å²) in [7, 11) is 1.75. The van der Waals surface area contributed by atoms with E-state index in [1.807, 2.05) is 0 Å². The number of rotatable bonds is 4. The monoisotopic (exact) mass is 408 g/mol. The first-order chi connectivity index (χ1) is 14.1. The minimum absolute atomic E-state index is 0.193. The molecule has 0 fully saturated rings. The Labute approximate surface area is 167 Å². The summed E-state index contributed by atoms with van der Waals surface area (Å²) >= 11 is 5.88. The molecule has 0 spiro atoms. The van der Waals surface area contributed by atoms with Gasteiger partial charge in [-0.2, -0.15) is 4.98 Å². The Morgan fingerprint density at radius 3 is 2.69 bits per heavy atom. The van der Waals surface area contributed by atoms with Crippen LogP contribution in [0.2, 0.25) is 5.02 Å². The van der Waals surface area contributed by atoms with Crippen LogP contribution in [-0.2, 0) is 13.6 Å². The Kier molecular flexibility index (Phi) is 3.98. The predicted molar refractivity (Wildman–Crippen MR) is 105 cm³/mol. The van der Waals surface area contributed by atoms with Crippen molar-refractivity contribution in [3.8, 4) is 11.6 Å². The van der Waals surface area contributed by atoms with Gasteiger partial charge in [0.1, 0.15) is 17.9 Å². The van der Waals surface area contributed by atoms with Crippen LogP contribution in [0.5, 0.6) is 11.6 Å². The maximum atomic E-state index is 12.7. The van der Waals surface area contributed by atoms with Crippen LogP contribution in [0.15, 0.2) is 47.9 Å². The van der Waals surface area contributed by atoms with E-state index in [1.165, 1.54) is 17.1 Å². The largest absolute Gasteiger partial charge is 0.437 e. The minimum atomic E-state index is -0.205. The maximum Gasteiger partial charge on any atom is 0.280 e. The zero-order chi connectivity index (χ0) is 20.0. The fourth-order valence-electron chi connectivity index (χ4n) is 2.92. The molecule has 1 N–H and O–H groups in total. The molecule has 0 saturated carbocycles. The summed E-state index contributed by atoms with van der Waals surface area (Å²) in [5, 5.41) is 0.617. The van der Waals surface area contributed by atoms with Gasteiger partial charge in [0.25, 0.3) is 5.56 Å². The van der Waals surface area contributed by atoms with E-state index in [2.05, 4.69) is 29.9 Å². The number of aryl methyl sites for hydroxylation is 1. The summed E-state index contributed by atoms with van der Waals surface area (Å²) < 4.78 is 8.78. The molecule has 5 aromatic rings. The number of nitrogens with zero attached hydrogens (tertiary/aromatic N) is 7. The molecule has 0 aliphatic rings. The van der Waals surface area contributed by atoms with Gasteiger partial charge >= 0.3 is 0 Å². The smallest absolute Gasteiger partial charge is 0.280 e. The van der Waals surface area contributed by atoms with Crippen LogP contribution >= 0.6 is 11.6 Å². The molecule has 144 valence electrons. The molecule has 4 aromatic heterocycles. The Bertz CT molecular complexity index is 1400. The molecule has 11 heteroatoms. The van der Waals surface area contributed by atoms with Crippen molar-refractivity contribution >= 4 is 34.1 Å². The highest BCUT2D eigenvalue weighted by molar-refractivity contribution is 6.30. The van der Waals surface area contributed by atoms with E-state index in [1.54, 1.807) is 42.2 Å². The molecule has 0 unspecified atom stereocenters. The highest BCUT2D eigenvalue weighted by Gasteiger charge is 2.12. The fourth-order valence-corrected chi connectivity index (χ4v) is 3.04. The summed E-state index contributed by atoms with van der Waals surface area (Å²) in [4.78, 5) is 37.1. The molecule has 0 bridgehead atoms.